The number of nitrogens with one attached hydrogen (secondary N) is 2. The summed E-state index contributed by atoms with van der Waals surface area (Å²) in [5, 5.41) is 6.15. The average Bonchev–Trinajstić information content (AvgIpc) is 2.93. The molecule has 2 aromatic heterocycles. The number of H-pyrrole nitrogens is 1. The number of anilines is 1. The number of benzene rings is 1. The van der Waals surface area contributed by atoms with E-state index in [0.717, 1.165) is 11.1 Å². The molecule has 0 spiro atoms. The zero-order chi connectivity index (χ0) is 16.8. The molecular formula is C15H16N4O3S. The minimum atomic E-state index is -3.80. The van der Waals surface area contributed by atoms with E-state index in [9.17, 15) is 13.2 Å². The van der Waals surface area contributed by atoms with Gasteiger partial charge in [0.25, 0.3) is 15.6 Å². The first-order valence-electron chi connectivity index (χ1n) is 6.95. The molecule has 0 atom stereocenters. The molecule has 23 heavy (non-hydrogen) atoms. The van der Waals surface area contributed by atoms with Gasteiger partial charge in [-0.15, -0.1) is 0 Å². The Morgan fingerprint density at radius 3 is 2.57 bits per heavy atom. The van der Waals surface area contributed by atoms with Gasteiger partial charge in [0.15, 0.2) is 0 Å². The highest BCUT2D eigenvalue weighted by Crippen LogP contribution is 2.21. The lowest BCUT2D eigenvalue weighted by Crippen LogP contribution is -2.13. The van der Waals surface area contributed by atoms with E-state index >= 15 is 0 Å². The van der Waals surface area contributed by atoms with Crippen LogP contribution < -0.4 is 10.3 Å². The van der Waals surface area contributed by atoms with E-state index in [0.29, 0.717) is 11.5 Å². The molecule has 7 nitrogen and oxygen atoms in total. The van der Waals surface area contributed by atoms with Gasteiger partial charge in [-0.25, -0.2) is 13.5 Å². The predicted octanol–water partition coefficient (Wildman–Crippen LogP) is 1.75. The van der Waals surface area contributed by atoms with Gasteiger partial charge in [0.05, 0.1) is 5.69 Å². The van der Waals surface area contributed by atoms with Crippen LogP contribution in [0.5, 0.6) is 0 Å². The van der Waals surface area contributed by atoms with Gasteiger partial charge in [-0.3, -0.25) is 13.9 Å². The molecule has 0 aliphatic rings. The molecule has 0 saturated carbocycles. The number of nitrogens with zero attached hydrogens (tertiary/aromatic N) is 2. The summed E-state index contributed by atoms with van der Waals surface area (Å²) in [4.78, 5) is 11.8. The molecule has 3 rings (SSSR count). The predicted molar refractivity (Wildman–Crippen MR) is 87.3 cm³/mol. The molecule has 0 fully saturated rings. The van der Waals surface area contributed by atoms with Crippen LogP contribution in [-0.2, 0) is 10.0 Å². The van der Waals surface area contributed by atoms with Crippen LogP contribution in [0.2, 0.25) is 0 Å². The highest BCUT2D eigenvalue weighted by atomic mass is 32.2. The van der Waals surface area contributed by atoms with E-state index in [1.807, 2.05) is 26.0 Å². The highest BCUT2D eigenvalue weighted by molar-refractivity contribution is 7.92. The molecule has 0 saturated heterocycles. The Hall–Kier alpha value is -2.61. The zero-order valence-corrected chi connectivity index (χ0v) is 13.7. The normalized spacial score (nSPS) is 11.8. The molecule has 120 valence electrons. The summed E-state index contributed by atoms with van der Waals surface area (Å²) < 4.78 is 29.2. The highest BCUT2D eigenvalue weighted by Gasteiger charge is 2.19. The molecule has 0 unspecified atom stereocenters. The van der Waals surface area contributed by atoms with Crippen molar-refractivity contribution >= 4 is 21.2 Å². The first kappa shape index (κ1) is 15.3. The van der Waals surface area contributed by atoms with Gasteiger partial charge in [-0.1, -0.05) is 17.7 Å². The number of aromatic nitrogens is 3. The summed E-state index contributed by atoms with van der Waals surface area (Å²) >= 11 is 0. The third-order valence-corrected chi connectivity index (χ3v) is 4.96. The lowest BCUT2D eigenvalue weighted by atomic mass is 10.1. The number of sulfonamides is 1. The number of hydrogen-bond donors (Lipinski definition) is 2. The van der Waals surface area contributed by atoms with Crippen molar-refractivity contribution in [2.24, 2.45) is 0 Å². The van der Waals surface area contributed by atoms with Crippen LogP contribution in [0.15, 0.2) is 40.2 Å². The molecule has 0 aliphatic heterocycles. The van der Waals surface area contributed by atoms with Crippen LogP contribution in [0.1, 0.15) is 17.0 Å². The van der Waals surface area contributed by atoms with Crippen LogP contribution in [-0.4, -0.2) is 23.0 Å². The van der Waals surface area contributed by atoms with Gasteiger partial charge >= 0.3 is 0 Å². The van der Waals surface area contributed by atoms with Gasteiger partial charge in [0, 0.05) is 6.20 Å². The van der Waals surface area contributed by atoms with Crippen molar-refractivity contribution < 1.29 is 8.42 Å². The largest absolute Gasteiger partial charge is 0.298 e. The minimum Gasteiger partial charge on any atom is -0.298 e. The minimum absolute atomic E-state index is 0.0130. The molecular weight excluding hydrogens is 316 g/mol. The number of aryl methyl sites for hydroxylation is 3. The van der Waals surface area contributed by atoms with Crippen molar-refractivity contribution in [3.05, 3.63) is 57.8 Å². The maximum Gasteiger partial charge on any atom is 0.288 e. The Morgan fingerprint density at radius 2 is 1.91 bits per heavy atom. The molecule has 2 N–H and O–H groups in total. The molecule has 0 bridgehead atoms. The second-order valence-electron chi connectivity index (χ2n) is 5.45. The Morgan fingerprint density at radius 1 is 1.17 bits per heavy atom. The average molecular weight is 332 g/mol. The van der Waals surface area contributed by atoms with E-state index in [-0.39, 0.29) is 10.4 Å². The van der Waals surface area contributed by atoms with Crippen LogP contribution in [0.3, 0.4) is 0 Å². The van der Waals surface area contributed by atoms with Crippen LogP contribution in [0.4, 0.5) is 5.69 Å². The quantitative estimate of drug-likeness (QED) is 0.763. The fourth-order valence-electron chi connectivity index (χ4n) is 2.40. The lowest BCUT2D eigenvalue weighted by molar-refractivity contribution is 0.601. The summed E-state index contributed by atoms with van der Waals surface area (Å²) in [6, 6.07) is 6.78. The van der Waals surface area contributed by atoms with Crippen LogP contribution in [0.25, 0.3) is 5.52 Å². The molecule has 8 heteroatoms. The van der Waals surface area contributed by atoms with E-state index in [2.05, 4.69) is 14.9 Å². The standard InChI is InChI=1S/C15H16N4O3S/c1-9-4-5-13(10(2)6-9)18-23(21,22)12-7-14-15(20)17-16-11(3)19(14)8-12/h4-8,18H,1-3H3,(H,17,20). The van der Waals surface area contributed by atoms with E-state index in [4.69, 9.17) is 0 Å². The Bertz CT molecular complexity index is 1060. The summed E-state index contributed by atoms with van der Waals surface area (Å²) in [5.74, 6) is 0.493. The summed E-state index contributed by atoms with van der Waals surface area (Å²) in [6.07, 6.45) is 1.39. The summed E-state index contributed by atoms with van der Waals surface area (Å²) in [6.45, 7) is 5.45. The first-order chi connectivity index (χ1) is 10.8. The number of rotatable bonds is 3. The van der Waals surface area contributed by atoms with Crippen molar-refractivity contribution in [3.8, 4) is 0 Å². The molecule has 0 amide bonds. The van der Waals surface area contributed by atoms with Gasteiger partial charge < -0.3 is 0 Å². The number of aromatic amines is 1. The van der Waals surface area contributed by atoms with Crippen LogP contribution in [0, 0.1) is 20.8 Å². The molecule has 0 radical (unpaired) electrons. The lowest BCUT2D eigenvalue weighted by Gasteiger charge is -2.09. The smallest absolute Gasteiger partial charge is 0.288 e. The number of hydrogen-bond acceptors (Lipinski definition) is 4. The van der Waals surface area contributed by atoms with Crippen molar-refractivity contribution in [1.29, 1.82) is 0 Å². The van der Waals surface area contributed by atoms with Crippen LogP contribution >= 0.6 is 0 Å². The molecule has 2 heterocycles. The maximum atomic E-state index is 12.6. The van der Waals surface area contributed by atoms with Crippen molar-refractivity contribution in [1.82, 2.24) is 14.6 Å². The number of fused-ring (bicyclic) bond motifs is 1. The fourth-order valence-corrected chi connectivity index (χ4v) is 3.55. The monoisotopic (exact) mass is 332 g/mol. The maximum absolute atomic E-state index is 12.6. The van der Waals surface area contributed by atoms with E-state index < -0.39 is 15.6 Å². The SMILES string of the molecule is Cc1ccc(NS(=O)(=O)c2cc3c(=O)[nH]nc(C)n3c2)c(C)c1. The molecule has 3 aromatic rings. The zero-order valence-electron chi connectivity index (χ0n) is 12.9. The Kier molecular flexibility index (Phi) is 3.48. The molecule has 0 aliphatic carbocycles. The Balaban J connectivity index is 2.08. The molecule has 1 aromatic carbocycles. The van der Waals surface area contributed by atoms with Gasteiger partial charge in [-0.05, 0) is 38.5 Å². The second kappa shape index (κ2) is 5.24. The van der Waals surface area contributed by atoms with E-state index in [1.54, 1.807) is 13.0 Å². The second-order valence-corrected chi connectivity index (χ2v) is 7.14. The van der Waals surface area contributed by atoms with Gasteiger partial charge in [0.2, 0.25) is 0 Å². The van der Waals surface area contributed by atoms with Gasteiger partial charge in [-0.2, -0.15) is 5.10 Å². The van der Waals surface area contributed by atoms with Gasteiger partial charge in [0.1, 0.15) is 16.2 Å². The topological polar surface area (TPSA) is 96.3 Å². The van der Waals surface area contributed by atoms with Crippen molar-refractivity contribution in [3.63, 3.8) is 0 Å². The van der Waals surface area contributed by atoms with E-state index in [1.165, 1.54) is 16.7 Å². The van der Waals surface area contributed by atoms with Crippen molar-refractivity contribution in [2.75, 3.05) is 4.72 Å². The Labute approximate surface area is 133 Å². The van der Waals surface area contributed by atoms with Crippen molar-refractivity contribution in [2.45, 2.75) is 25.7 Å². The fraction of sp³-hybridized carbons (Fsp3) is 0.200. The third kappa shape index (κ3) is 2.72. The first-order valence-corrected chi connectivity index (χ1v) is 8.44. The third-order valence-electron chi connectivity index (χ3n) is 3.63. The summed E-state index contributed by atoms with van der Waals surface area (Å²) in [7, 11) is -3.80. The summed E-state index contributed by atoms with van der Waals surface area (Å²) in [5.41, 5.74) is 2.18.